The second-order valence-corrected chi connectivity index (χ2v) is 10.4. The molecule has 0 aliphatic carbocycles. The molecule has 0 saturated heterocycles. The van der Waals surface area contributed by atoms with Gasteiger partial charge in [-0.25, -0.2) is 18.2 Å². The average Bonchev–Trinajstić information content (AvgIpc) is 3.30. The molecule has 2 amide bonds. The molecule has 3 rings (SSSR count). The predicted molar refractivity (Wildman–Crippen MR) is 144 cm³/mol. The van der Waals surface area contributed by atoms with Crippen LogP contribution in [0.4, 0.5) is 16.2 Å². The number of ether oxygens (including phenoxy) is 1. The number of aryl methyl sites for hydroxylation is 1. The Labute approximate surface area is 213 Å². The zero-order valence-corrected chi connectivity index (χ0v) is 21.8. The first-order valence-corrected chi connectivity index (χ1v) is 14.0. The Bertz CT molecular complexity index is 1230. The quantitative estimate of drug-likeness (QED) is 0.275. The van der Waals surface area contributed by atoms with E-state index in [2.05, 4.69) is 27.3 Å². The topological polar surface area (TPSA) is 114 Å². The van der Waals surface area contributed by atoms with Gasteiger partial charge in [0.2, 0.25) is 10.0 Å². The van der Waals surface area contributed by atoms with Crippen LogP contribution in [-0.2, 0) is 16.6 Å². The van der Waals surface area contributed by atoms with E-state index in [1.165, 1.54) is 0 Å². The van der Waals surface area contributed by atoms with Gasteiger partial charge < -0.3 is 19.9 Å². The Morgan fingerprint density at radius 3 is 2.58 bits per heavy atom. The number of anilines is 2. The van der Waals surface area contributed by atoms with Crippen LogP contribution in [0.1, 0.15) is 39.5 Å². The van der Waals surface area contributed by atoms with Crippen LogP contribution in [0.25, 0.3) is 11.4 Å². The Morgan fingerprint density at radius 1 is 1.11 bits per heavy atom. The molecule has 0 saturated carbocycles. The van der Waals surface area contributed by atoms with Crippen molar-refractivity contribution in [3.63, 3.8) is 0 Å². The predicted octanol–water partition coefficient (Wildman–Crippen LogP) is 5.09. The fourth-order valence-corrected chi connectivity index (χ4v) is 4.23. The number of nitrogens with zero attached hydrogens (tertiary/aromatic N) is 2. The standard InChI is InChI=1S/C26H35N5O4S/c1-4-5-8-16-28-26(32)29-23-9-6-7-10-24(23)35-20(2)15-18-31-19-17-27-25(31)21-11-13-22(14-12-21)30-36(3,33)34/h6-7,9-14,17,19-20,30H,4-5,8,15-16,18H2,1-3H3,(H2,28,29,32). The van der Waals surface area contributed by atoms with E-state index in [0.29, 0.717) is 36.6 Å². The van der Waals surface area contributed by atoms with Crippen molar-refractivity contribution in [2.24, 2.45) is 0 Å². The molecule has 1 aromatic heterocycles. The first kappa shape index (κ1) is 27.1. The highest BCUT2D eigenvalue weighted by Crippen LogP contribution is 2.26. The molecule has 0 bridgehead atoms. The van der Waals surface area contributed by atoms with Crippen molar-refractivity contribution >= 4 is 27.4 Å². The molecule has 0 fully saturated rings. The summed E-state index contributed by atoms with van der Waals surface area (Å²) in [5.74, 6) is 1.41. The lowest BCUT2D eigenvalue weighted by Gasteiger charge is -2.19. The molecular formula is C26H35N5O4S. The van der Waals surface area contributed by atoms with Crippen molar-refractivity contribution in [3.8, 4) is 17.1 Å². The SMILES string of the molecule is CCCCCNC(=O)Nc1ccccc1OC(C)CCn1ccnc1-c1ccc(NS(C)(=O)=O)cc1. The molecular weight excluding hydrogens is 478 g/mol. The maximum absolute atomic E-state index is 12.2. The molecule has 1 unspecified atom stereocenters. The van der Waals surface area contributed by atoms with Crippen LogP contribution in [0, 0.1) is 0 Å². The largest absolute Gasteiger partial charge is 0.488 e. The van der Waals surface area contributed by atoms with E-state index < -0.39 is 10.0 Å². The highest BCUT2D eigenvalue weighted by molar-refractivity contribution is 7.92. The zero-order chi connectivity index (χ0) is 26.0. The van der Waals surface area contributed by atoms with Crippen LogP contribution in [0.5, 0.6) is 5.75 Å². The van der Waals surface area contributed by atoms with Gasteiger partial charge in [0, 0.05) is 43.2 Å². The van der Waals surface area contributed by atoms with Gasteiger partial charge in [0.05, 0.1) is 18.0 Å². The number of aromatic nitrogens is 2. The Balaban J connectivity index is 1.56. The molecule has 0 radical (unpaired) electrons. The number of imidazole rings is 1. The number of carbonyl (C=O) groups excluding carboxylic acids is 1. The van der Waals surface area contributed by atoms with Crippen molar-refractivity contribution in [2.75, 3.05) is 22.8 Å². The van der Waals surface area contributed by atoms with E-state index in [-0.39, 0.29) is 12.1 Å². The number of hydrogen-bond acceptors (Lipinski definition) is 5. The Hall–Kier alpha value is -3.53. The maximum atomic E-state index is 12.2. The van der Waals surface area contributed by atoms with E-state index in [1.807, 2.05) is 54.1 Å². The lowest BCUT2D eigenvalue weighted by molar-refractivity contribution is 0.205. The summed E-state index contributed by atoms with van der Waals surface area (Å²) in [6.45, 7) is 5.43. The number of unbranched alkanes of at least 4 members (excludes halogenated alkanes) is 2. The lowest BCUT2D eigenvalue weighted by Crippen LogP contribution is -2.29. The summed E-state index contributed by atoms with van der Waals surface area (Å²) in [7, 11) is -3.32. The number of rotatable bonds is 13. The number of sulfonamides is 1. The van der Waals surface area contributed by atoms with Crippen molar-refractivity contribution in [2.45, 2.75) is 52.2 Å². The molecule has 10 heteroatoms. The number of para-hydroxylation sites is 2. The van der Waals surface area contributed by atoms with E-state index in [4.69, 9.17) is 4.74 Å². The molecule has 3 N–H and O–H groups in total. The van der Waals surface area contributed by atoms with Gasteiger partial charge in [-0.15, -0.1) is 0 Å². The molecule has 2 aromatic carbocycles. The van der Waals surface area contributed by atoms with Crippen LogP contribution in [0.2, 0.25) is 0 Å². The Morgan fingerprint density at radius 2 is 1.86 bits per heavy atom. The Kier molecular flexibility index (Phi) is 9.75. The minimum Gasteiger partial charge on any atom is -0.488 e. The van der Waals surface area contributed by atoms with Crippen molar-refractivity contribution in [3.05, 3.63) is 60.9 Å². The van der Waals surface area contributed by atoms with Gasteiger partial charge in [0.1, 0.15) is 11.6 Å². The van der Waals surface area contributed by atoms with Crippen LogP contribution < -0.4 is 20.1 Å². The fraction of sp³-hybridized carbons (Fsp3) is 0.385. The summed E-state index contributed by atoms with van der Waals surface area (Å²) in [4.78, 5) is 16.7. The van der Waals surface area contributed by atoms with Crippen LogP contribution in [0.15, 0.2) is 60.9 Å². The molecule has 36 heavy (non-hydrogen) atoms. The van der Waals surface area contributed by atoms with Gasteiger partial charge in [-0.05, 0) is 49.7 Å². The highest BCUT2D eigenvalue weighted by atomic mass is 32.2. The number of hydrogen-bond donors (Lipinski definition) is 3. The van der Waals surface area contributed by atoms with Crippen molar-refractivity contribution in [1.82, 2.24) is 14.9 Å². The summed E-state index contributed by atoms with van der Waals surface area (Å²) in [6.07, 6.45) is 8.51. The number of urea groups is 1. The van der Waals surface area contributed by atoms with Crippen LogP contribution in [0.3, 0.4) is 0 Å². The minimum absolute atomic E-state index is 0.114. The molecule has 9 nitrogen and oxygen atoms in total. The van der Waals surface area contributed by atoms with Gasteiger partial charge in [-0.3, -0.25) is 4.72 Å². The summed E-state index contributed by atoms with van der Waals surface area (Å²) in [5.41, 5.74) is 2.01. The summed E-state index contributed by atoms with van der Waals surface area (Å²) >= 11 is 0. The summed E-state index contributed by atoms with van der Waals surface area (Å²) in [6, 6.07) is 14.3. The third-order valence-electron chi connectivity index (χ3n) is 5.47. The molecule has 1 heterocycles. The minimum atomic E-state index is -3.32. The second kappa shape index (κ2) is 13.0. The van der Waals surface area contributed by atoms with Gasteiger partial charge >= 0.3 is 6.03 Å². The number of nitrogens with one attached hydrogen (secondary N) is 3. The average molecular weight is 514 g/mol. The second-order valence-electron chi connectivity index (χ2n) is 8.70. The van der Waals surface area contributed by atoms with E-state index in [0.717, 1.165) is 36.9 Å². The van der Waals surface area contributed by atoms with Gasteiger partial charge in [0.25, 0.3) is 0 Å². The first-order valence-electron chi connectivity index (χ1n) is 12.1. The van der Waals surface area contributed by atoms with E-state index in [9.17, 15) is 13.2 Å². The van der Waals surface area contributed by atoms with Crippen molar-refractivity contribution in [1.29, 1.82) is 0 Å². The third-order valence-corrected chi connectivity index (χ3v) is 6.07. The smallest absolute Gasteiger partial charge is 0.319 e. The van der Waals surface area contributed by atoms with Gasteiger partial charge in [0.15, 0.2) is 0 Å². The maximum Gasteiger partial charge on any atom is 0.319 e. The molecule has 0 aliphatic rings. The molecule has 3 aromatic rings. The number of carbonyl (C=O) groups is 1. The zero-order valence-electron chi connectivity index (χ0n) is 21.0. The molecule has 0 aliphatic heterocycles. The monoisotopic (exact) mass is 513 g/mol. The van der Waals surface area contributed by atoms with E-state index >= 15 is 0 Å². The summed E-state index contributed by atoms with van der Waals surface area (Å²) in [5, 5.41) is 5.76. The number of amides is 2. The molecule has 0 spiro atoms. The van der Waals surface area contributed by atoms with Gasteiger partial charge in [-0.1, -0.05) is 31.9 Å². The van der Waals surface area contributed by atoms with Crippen molar-refractivity contribution < 1.29 is 17.9 Å². The first-order chi connectivity index (χ1) is 17.2. The number of benzene rings is 2. The highest BCUT2D eigenvalue weighted by Gasteiger charge is 2.13. The van der Waals surface area contributed by atoms with Crippen LogP contribution in [-0.4, -0.2) is 42.9 Å². The third kappa shape index (κ3) is 8.60. The normalized spacial score (nSPS) is 12.1. The summed E-state index contributed by atoms with van der Waals surface area (Å²) < 4.78 is 33.5. The van der Waals surface area contributed by atoms with Crippen LogP contribution >= 0.6 is 0 Å². The van der Waals surface area contributed by atoms with E-state index in [1.54, 1.807) is 18.3 Å². The molecule has 1 atom stereocenters. The lowest BCUT2D eigenvalue weighted by atomic mass is 10.2. The van der Waals surface area contributed by atoms with Gasteiger partial charge in [-0.2, -0.15) is 0 Å². The molecule has 194 valence electrons. The fourth-order valence-electron chi connectivity index (χ4n) is 3.66.